The third kappa shape index (κ3) is 10.9. The van der Waals surface area contributed by atoms with Gasteiger partial charge in [0.1, 0.15) is 0 Å². The standard InChI is InChI=1S/C12H21NO3/c1-13-11(14)9-7-5-3-2-4-6-8-10-12(15)16/h1-10H2,(H,15,16). The molecule has 0 unspecified atom stereocenters. The second kappa shape index (κ2) is 10.3. The molecule has 0 atom stereocenters. The van der Waals surface area contributed by atoms with Crippen molar-refractivity contribution < 1.29 is 14.7 Å². The molecule has 1 amide bonds. The predicted molar refractivity (Wildman–Crippen MR) is 63.7 cm³/mol. The Balaban J connectivity index is 3.07. The van der Waals surface area contributed by atoms with Crippen LogP contribution in [0.25, 0.3) is 0 Å². The highest BCUT2D eigenvalue weighted by Crippen LogP contribution is 2.09. The van der Waals surface area contributed by atoms with Crippen molar-refractivity contribution in [1.29, 1.82) is 0 Å². The number of aliphatic imine (C=N–C) groups is 1. The normalized spacial score (nSPS) is 10.0. The number of aliphatic carboxylic acids is 1. The fourth-order valence-electron chi connectivity index (χ4n) is 1.52. The number of carbonyl (C=O) groups is 2. The molecule has 4 heteroatoms. The molecule has 16 heavy (non-hydrogen) atoms. The van der Waals surface area contributed by atoms with Gasteiger partial charge in [-0.2, -0.15) is 0 Å². The summed E-state index contributed by atoms with van der Waals surface area (Å²) in [6.45, 7) is 3.18. The summed E-state index contributed by atoms with van der Waals surface area (Å²) < 4.78 is 0. The molecule has 0 aliphatic carbocycles. The zero-order chi connectivity index (χ0) is 12.2. The van der Waals surface area contributed by atoms with Crippen molar-refractivity contribution in [1.82, 2.24) is 0 Å². The van der Waals surface area contributed by atoms with Crippen molar-refractivity contribution in [3.8, 4) is 0 Å². The van der Waals surface area contributed by atoms with Gasteiger partial charge in [-0.1, -0.05) is 32.1 Å². The van der Waals surface area contributed by atoms with Gasteiger partial charge in [-0.05, 0) is 19.6 Å². The summed E-state index contributed by atoms with van der Waals surface area (Å²) in [7, 11) is 0. The Bertz CT molecular complexity index is 226. The summed E-state index contributed by atoms with van der Waals surface area (Å²) >= 11 is 0. The van der Waals surface area contributed by atoms with E-state index in [1.54, 1.807) is 0 Å². The molecule has 0 saturated carbocycles. The van der Waals surface area contributed by atoms with Crippen LogP contribution in [0.5, 0.6) is 0 Å². The molecule has 0 aliphatic rings. The quantitative estimate of drug-likeness (QED) is 0.461. The summed E-state index contributed by atoms with van der Waals surface area (Å²) in [6, 6.07) is 0. The summed E-state index contributed by atoms with van der Waals surface area (Å²) in [4.78, 5) is 24.3. The zero-order valence-corrected chi connectivity index (χ0v) is 9.78. The number of carbonyl (C=O) groups excluding carboxylic acids is 1. The van der Waals surface area contributed by atoms with Gasteiger partial charge in [0.2, 0.25) is 5.91 Å². The minimum atomic E-state index is -0.713. The molecular formula is C12H21NO3. The Morgan fingerprint density at radius 1 is 0.875 bits per heavy atom. The smallest absolute Gasteiger partial charge is 0.303 e. The van der Waals surface area contributed by atoms with E-state index in [0.29, 0.717) is 6.42 Å². The van der Waals surface area contributed by atoms with Crippen LogP contribution in [0.2, 0.25) is 0 Å². The SMILES string of the molecule is C=NC(=O)CCCCCCCCCC(=O)O. The summed E-state index contributed by atoms with van der Waals surface area (Å²) in [5, 5.41) is 8.42. The Morgan fingerprint density at radius 3 is 1.75 bits per heavy atom. The van der Waals surface area contributed by atoms with E-state index in [-0.39, 0.29) is 12.3 Å². The van der Waals surface area contributed by atoms with Crippen molar-refractivity contribution in [3.63, 3.8) is 0 Å². The van der Waals surface area contributed by atoms with E-state index in [0.717, 1.165) is 44.9 Å². The third-order valence-electron chi connectivity index (χ3n) is 2.46. The number of rotatable bonds is 10. The maximum atomic E-state index is 10.8. The molecule has 0 spiro atoms. The minimum absolute atomic E-state index is 0.124. The highest BCUT2D eigenvalue weighted by molar-refractivity contribution is 5.80. The molecule has 0 radical (unpaired) electrons. The molecule has 0 rings (SSSR count). The van der Waals surface area contributed by atoms with Gasteiger partial charge in [0, 0.05) is 12.8 Å². The van der Waals surface area contributed by atoms with Crippen molar-refractivity contribution in [2.45, 2.75) is 57.8 Å². The van der Waals surface area contributed by atoms with Crippen LogP contribution in [-0.2, 0) is 9.59 Å². The second-order valence-electron chi connectivity index (χ2n) is 3.92. The zero-order valence-electron chi connectivity index (χ0n) is 9.78. The van der Waals surface area contributed by atoms with Crippen LogP contribution in [0.15, 0.2) is 4.99 Å². The lowest BCUT2D eigenvalue weighted by Crippen LogP contribution is -1.93. The molecule has 0 aromatic carbocycles. The first-order valence-corrected chi connectivity index (χ1v) is 5.88. The first kappa shape index (κ1) is 14.8. The van der Waals surface area contributed by atoms with Crippen LogP contribution < -0.4 is 0 Å². The van der Waals surface area contributed by atoms with Gasteiger partial charge in [-0.3, -0.25) is 9.59 Å². The van der Waals surface area contributed by atoms with Crippen molar-refractivity contribution in [2.24, 2.45) is 4.99 Å². The van der Waals surface area contributed by atoms with E-state index < -0.39 is 5.97 Å². The molecule has 0 heterocycles. The van der Waals surface area contributed by atoms with Gasteiger partial charge in [0.05, 0.1) is 0 Å². The summed E-state index contributed by atoms with van der Waals surface area (Å²) in [5.74, 6) is -0.836. The highest BCUT2D eigenvalue weighted by Gasteiger charge is 1.98. The molecule has 0 fully saturated rings. The van der Waals surface area contributed by atoms with Crippen LogP contribution in [0.4, 0.5) is 0 Å². The molecule has 1 N–H and O–H groups in total. The number of carboxylic acids is 1. The molecule has 4 nitrogen and oxygen atoms in total. The second-order valence-corrected chi connectivity index (χ2v) is 3.92. The molecule has 0 bridgehead atoms. The average Bonchev–Trinajstić information content (AvgIpc) is 2.26. The average molecular weight is 227 g/mol. The molecule has 0 aromatic rings. The lowest BCUT2D eigenvalue weighted by molar-refractivity contribution is -0.137. The highest BCUT2D eigenvalue weighted by atomic mass is 16.4. The van der Waals surface area contributed by atoms with Gasteiger partial charge < -0.3 is 5.11 Å². The van der Waals surface area contributed by atoms with Gasteiger partial charge in [0.15, 0.2) is 0 Å². The van der Waals surface area contributed by atoms with Crippen molar-refractivity contribution >= 4 is 18.6 Å². The first-order chi connectivity index (χ1) is 7.66. The Kier molecular flexibility index (Phi) is 9.56. The van der Waals surface area contributed by atoms with E-state index in [2.05, 4.69) is 11.7 Å². The lowest BCUT2D eigenvalue weighted by atomic mass is 10.1. The number of carboxylic acid groups (broad SMARTS) is 1. The number of amides is 1. The van der Waals surface area contributed by atoms with Crippen LogP contribution in [0, 0.1) is 0 Å². The van der Waals surface area contributed by atoms with Crippen molar-refractivity contribution in [2.75, 3.05) is 0 Å². The summed E-state index contributed by atoms with van der Waals surface area (Å²) in [6.07, 6.45) is 7.77. The Morgan fingerprint density at radius 2 is 1.31 bits per heavy atom. The molecule has 0 saturated heterocycles. The minimum Gasteiger partial charge on any atom is -0.481 e. The summed E-state index contributed by atoms with van der Waals surface area (Å²) in [5.41, 5.74) is 0. The lowest BCUT2D eigenvalue weighted by Gasteiger charge is -2.00. The predicted octanol–water partition coefficient (Wildman–Crippen LogP) is 2.81. The number of hydrogen-bond acceptors (Lipinski definition) is 2. The van der Waals surface area contributed by atoms with Crippen LogP contribution in [0.3, 0.4) is 0 Å². The van der Waals surface area contributed by atoms with E-state index in [9.17, 15) is 9.59 Å². The third-order valence-corrected chi connectivity index (χ3v) is 2.46. The van der Waals surface area contributed by atoms with Crippen LogP contribution in [0.1, 0.15) is 57.8 Å². The van der Waals surface area contributed by atoms with Gasteiger partial charge >= 0.3 is 5.97 Å². The van der Waals surface area contributed by atoms with E-state index >= 15 is 0 Å². The number of unbranched alkanes of at least 4 members (excludes halogenated alkanes) is 6. The van der Waals surface area contributed by atoms with Crippen molar-refractivity contribution in [3.05, 3.63) is 0 Å². The molecule has 92 valence electrons. The largest absolute Gasteiger partial charge is 0.481 e. The maximum absolute atomic E-state index is 10.8. The first-order valence-electron chi connectivity index (χ1n) is 5.88. The number of hydrogen-bond donors (Lipinski definition) is 1. The van der Waals surface area contributed by atoms with E-state index in [1.807, 2.05) is 0 Å². The fourth-order valence-corrected chi connectivity index (χ4v) is 1.52. The molecule has 0 aliphatic heterocycles. The molecular weight excluding hydrogens is 206 g/mol. The Labute approximate surface area is 96.8 Å². The van der Waals surface area contributed by atoms with Gasteiger partial charge in [-0.15, -0.1) is 0 Å². The monoisotopic (exact) mass is 227 g/mol. The van der Waals surface area contributed by atoms with Gasteiger partial charge in [-0.25, -0.2) is 4.99 Å². The van der Waals surface area contributed by atoms with Crippen LogP contribution in [-0.4, -0.2) is 23.7 Å². The van der Waals surface area contributed by atoms with Gasteiger partial charge in [0.25, 0.3) is 0 Å². The Hall–Kier alpha value is -1.19. The topological polar surface area (TPSA) is 66.7 Å². The fraction of sp³-hybridized carbons (Fsp3) is 0.750. The number of nitrogens with zero attached hydrogens (tertiary/aromatic N) is 1. The molecule has 0 aromatic heterocycles. The maximum Gasteiger partial charge on any atom is 0.303 e. The van der Waals surface area contributed by atoms with E-state index in [4.69, 9.17) is 5.11 Å². The van der Waals surface area contributed by atoms with Crippen LogP contribution >= 0.6 is 0 Å². The van der Waals surface area contributed by atoms with E-state index in [1.165, 1.54) is 0 Å².